The maximum Gasteiger partial charge on any atom is 0.472 e. The summed E-state index contributed by atoms with van der Waals surface area (Å²) in [5.41, 5.74) is 5.35. The largest absolute Gasteiger partial charge is 0.498 e. The summed E-state index contributed by atoms with van der Waals surface area (Å²) < 4.78 is 33.1. The van der Waals surface area contributed by atoms with Crippen LogP contribution in [0.15, 0.2) is 36.6 Å². The zero-order chi connectivity index (χ0) is 36.6. The zero-order valence-corrected chi connectivity index (χ0v) is 33.3. The van der Waals surface area contributed by atoms with E-state index in [1.807, 2.05) is 6.08 Å². The van der Waals surface area contributed by atoms with Gasteiger partial charge >= 0.3 is 13.8 Å². The molecule has 8 nitrogen and oxygen atoms in total. The summed E-state index contributed by atoms with van der Waals surface area (Å²) in [6.45, 7) is 4.21. The van der Waals surface area contributed by atoms with Crippen LogP contribution in [0.4, 0.5) is 0 Å². The van der Waals surface area contributed by atoms with E-state index >= 15 is 0 Å². The number of allylic oxidation sites excluding steroid dienone is 5. The van der Waals surface area contributed by atoms with Gasteiger partial charge < -0.3 is 20.1 Å². The van der Waals surface area contributed by atoms with E-state index in [2.05, 4.69) is 38.2 Å². The van der Waals surface area contributed by atoms with Crippen LogP contribution >= 0.6 is 7.82 Å². The number of nitrogens with two attached hydrogens (primary N) is 1. The van der Waals surface area contributed by atoms with Gasteiger partial charge in [-0.3, -0.25) is 13.8 Å². The number of carbonyl (C=O) groups excluding carboxylic acids is 1. The summed E-state index contributed by atoms with van der Waals surface area (Å²) in [5, 5.41) is 0. The van der Waals surface area contributed by atoms with Gasteiger partial charge in [-0.1, -0.05) is 134 Å². The van der Waals surface area contributed by atoms with Crippen LogP contribution in [-0.2, 0) is 27.9 Å². The van der Waals surface area contributed by atoms with Gasteiger partial charge in [0, 0.05) is 13.0 Å². The van der Waals surface area contributed by atoms with Gasteiger partial charge in [0.2, 0.25) is 0 Å². The van der Waals surface area contributed by atoms with Crippen molar-refractivity contribution in [3.05, 3.63) is 36.6 Å². The lowest BCUT2D eigenvalue weighted by atomic mass is 10.1. The molecule has 0 aliphatic carbocycles. The molecule has 0 spiro atoms. The van der Waals surface area contributed by atoms with Crippen molar-refractivity contribution in [3.8, 4) is 0 Å². The first-order chi connectivity index (χ1) is 24.4. The Bertz CT molecular complexity index is 864. The fourth-order valence-electron chi connectivity index (χ4n) is 5.54. The summed E-state index contributed by atoms with van der Waals surface area (Å²) in [6, 6.07) is 0. The average molecular weight is 728 g/mol. The Labute approximate surface area is 308 Å². The van der Waals surface area contributed by atoms with Crippen LogP contribution in [0, 0.1) is 0 Å². The minimum Gasteiger partial charge on any atom is -0.498 e. The van der Waals surface area contributed by atoms with E-state index in [0.29, 0.717) is 6.42 Å². The lowest BCUT2D eigenvalue weighted by molar-refractivity contribution is -0.153. The molecule has 2 atom stereocenters. The van der Waals surface area contributed by atoms with Gasteiger partial charge in [0.15, 0.2) is 6.10 Å². The number of rotatable bonds is 39. The smallest absolute Gasteiger partial charge is 0.472 e. The molecular weight excluding hydrogens is 649 g/mol. The van der Waals surface area contributed by atoms with E-state index in [0.717, 1.165) is 44.9 Å². The van der Waals surface area contributed by atoms with Crippen LogP contribution in [0.2, 0.25) is 0 Å². The molecule has 0 fully saturated rings. The number of phosphoric ester groups is 1. The lowest BCUT2D eigenvalue weighted by Crippen LogP contribution is -2.27. The number of esters is 1. The highest BCUT2D eigenvalue weighted by molar-refractivity contribution is 7.47. The van der Waals surface area contributed by atoms with E-state index in [9.17, 15) is 14.3 Å². The summed E-state index contributed by atoms with van der Waals surface area (Å²) in [7, 11) is -4.29. The van der Waals surface area contributed by atoms with E-state index in [1.54, 1.807) is 6.26 Å². The van der Waals surface area contributed by atoms with Crippen LogP contribution in [0.25, 0.3) is 0 Å². The molecule has 0 aromatic heterocycles. The number of hydrogen-bond acceptors (Lipinski definition) is 7. The molecule has 3 N–H and O–H groups in total. The molecule has 0 aliphatic heterocycles. The summed E-state index contributed by atoms with van der Waals surface area (Å²) in [6.07, 6.45) is 43.9. The minimum absolute atomic E-state index is 0.0265. The molecule has 0 aromatic carbocycles. The third-order valence-corrected chi connectivity index (χ3v) is 9.58. The highest BCUT2D eigenvalue weighted by Crippen LogP contribution is 2.43. The van der Waals surface area contributed by atoms with Crippen LogP contribution in [0.1, 0.15) is 187 Å². The lowest BCUT2D eigenvalue weighted by Gasteiger charge is -2.19. The van der Waals surface area contributed by atoms with E-state index in [1.165, 1.54) is 122 Å². The van der Waals surface area contributed by atoms with E-state index < -0.39 is 13.9 Å². The Kier molecular flexibility index (Phi) is 37.7. The van der Waals surface area contributed by atoms with Crippen molar-refractivity contribution in [1.82, 2.24) is 0 Å². The van der Waals surface area contributed by atoms with Gasteiger partial charge in [-0.25, -0.2) is 4.57 Å². The van der Waals surface area contributed by atoms with Crippen molar-refractivity contribution >= 4 is 13.8 Å². The van der Waals surface area contributed by atoms with Gasteiger partial charge in [0.05, 0.1) is 19.5 Å². The molecule has 0 saturated carbocycles. The molecule has 0 saturated heterocycles. The van der Waals surface area contributed by atoms with Gasteiger partial charge in [-0.2, -0.15) is 0 Å². The maximum absolute atomic E-state index is 12.5. The first-order valence-corrected chi connectivity index (χ1v) is 22.0. The molecule has 0 aliphatic rings. The molecular formula is C41H78NO7P. The van der Waals surface area contributed by atoms with Crippen LogP contribution in [0.3, 0.4) is 0 Å². The average Bonchev–Trinajstić information content (AvgIpc) is 3.10. The first-order valence-electron chi connectivity index (χ1n) is 20.5. The Morgan fingerprint density at radius 2 is 1.02 bits per heavy atom. The standard InChI is InChI=1S/C41H78NO7P/c1-3-5-7-9-11-13-15-17-19-21-23-25-27-29-31-33-36-46-38-40(39-48-50(44,45)47-37-35-42)49-41(43)34-32-30-28-26-24-22-20-18-16-14-12-10-8-6-4-2/h13,15,18,20,33,36,40H,3-12,14,16-17,19,21-32,34-35,37-39,42H2,1-2H3,(H,44,45)/b15-13+,20-18+,36-33+. The van der Waals surface area contributed by atoms with Gasteiger partial charge in [-0.15, -0.1) is 0 Å². The van der Waals surface area contributed by atoms with Crippen molar-refractivity contribution in [2.45, 2.75) is 193 Å². The van der Waals surface area contributed by atoms with Crippen molar-refractivity contribution in [2.75, 3.05) is 26.4 Å². The van der Waals surface area contributed by atoms with Gasteiger partial charge in [-0.05, 0) is 76.7 Å². The number of phosphoric acid groups is 1. The Morgan fingerprint density at radius 1 is 0.600 bits per heavy atom. The topological polar surface area (TPSA) is 117 Å². The SMILES string of the molecule is CCCCCC/C=C/CCCCCCCC/C=C/OCC(COP(=O)(O)OCCN)OC(=O)CCCCCCC/C=C/CCCCCCCC. The molecule has 0 radical (unpaired) electrons. The second kappa shape index (κ2) is 38.8. The molecule has 0 heterocycles. The molecule has 0 rings (SSSR count). The Balaban J connectivity index is 4.13. The van der Waals surface area contributed by atoms with Crippen LogP contribution in [0.5, 0.6) is 0 Å². The number of carbonyl (C=O) groups is 1. The predicted octanol–water partition coefficient (Wildman–Crippen LogP) is 12.2. The second-order valence-corrected chi connectivity index (χ2v) is 15.0. The van der Waals surface area contributed by atoms with Crippen molar-refractivity contribution < 1.29 is 32.8 Å². The van der Waals surface area contributed by atoms with Crippen molar-refractivity contribution in [3.63, 3.8) is 0 Å². The third kappa shape index (κ3) is 37.8. The quantitative estimate of drug-likeness (QED) is 0.0211. The molecule has 2 unspecified atom stereocenters. The van der Waals surface area contributed by atoms with E-state index in [-0.39, 0.29) is 32.3 Å². The first kappa shape index (κ1) is 48.6. The number of unbranched alkanes of at least 4 members (excludes halogenated alkanes) is 22. The van der Waals surface area contributed by atoms with E-state index in [4.69, 9.17) is 24.3 Å². The third-order valence-electron chi connectivity index (χ3n) is 8.59. The number of ether oxygens (including phenoxy) is 2. The summed E-state index contributed by atoms with van der Waals surface area (Å²) in [4.78, 5) is 22.4. The van der Waals surface area contributed by atoms with Crippen molar-refractivity contribution in [2.24, 2.45) is 5.73 Å². The molecule has 0 aromatic rings. The van der Waals surface area contributed by atoms with Crippen LogP contribution in [-0.4, -0.2) is 43.3 Å². The minimum atomic E-state index is -4.29. The molecule has 0 amide bonds. The number of hydrogen-bond donors (Lipinski definition) is 2. The molecule has 9 heteroatoms. The molecule has 0 bridgehead atoms. The van der Waals surface area contributed by atoms with Crippen LogP contribution < -0.4 is 5.73 Å². The monoisotopic (exact) mass is 728 g/mol. The highest BCUT2D eigenvalue weighted by atomic mass is 31.2. The zero-order valence-electron chi connectivity index (χ0n) is 32.4. The van der Waals surface area contributed by atoms with Gasteiger partial charge in [0.1, 0.15) is 6.61 Å². The van der Waals surface area contributed by atoms with Crippen molar-refractivity contribution in [1.29, 1.82) is 0 Å². The Morgan fingerprint density at radius 3 is 1.50 bits per heavy atom. The second-order valence-electron chi connectivity index (χ2n) is 13.6. The van der Waals surface area contributed by atoms with Gasteiger partial charge in [0.25, 0.3) is 0 Å². The normalized spacial score (nSPS) is 13.8. The fraction of sp³-hybridized carbons (Fsp3) is 0.829. The molecule has 50 heavy (non-hydrogen) atoms. The Hall–Kier alpha value is -1.44. The summed E-state index contributed by atoms with van der Waals surface area (Å²) >= 11 is 0. The molecule has 294 valence electrons. The fourth-order valence-corrected chi connectivity index (χ4v) is 6.30. The summed E-state index contributed by atoms with van der Waals surface area (Å²) in [5.74, 6) is -0.363. The highest BCUT2D eigenvalue weighted by Gasteiger charge is 2.25. The predicted molar refractivity (Wildman–Crippen MR) is 210 cm³/mol. The maximum atomic E-state index is 12.5.